The molecule has 1 amide bonds. The summed E-state index contributed by atoms with van der Waals surface area (Å²) in [7, 11) is -2.36. The van der Waals surface area contributed by atoms with Gasteiger partial charge in [-0.05, 0) is 67.3 Å². The van der Waals surface area contributed by atoms with E-state index < -0.39 is 10.0 Å². The maximum absolute atomic E-state index is 14.0. The Bertz CT molecular complexity index is 1530. The van der Waals surface area contributed by atoms with Gasteiger partial charge in [0.05, 0.1) is 35.8 Å². The third kappa shape index (κ3) is 6.32. The maximum atomic E-state index is 14.0. The van der Waals surface area contributed by atoms with E-state index in [2.05, 4.69) is 5.32 Å². The number of hydrogen-bond donors (Lipinski definition) is 1. The second-order valence-corrected chi connectivity index (χ2v) is 11.4. The highest BCUT2D eigenvalue weighted by atomic mass is 32.2. The van der Waals surface area contributed by atoms with Crippen molar-refractivity contribution >= 4 is 21.6 Å². The summed E-state index contributed by atoms with van der Waals surface area (Å²) in [5.74, 6) is 0.436. The summed E-state index contributed by atoms with van der Waals surface area (Å²) < 4.78 is 34.7. The Labute approximate surface area is 231 Å². The third-order valence-corrected chi connectivity index (χ3v) is 8.50. The quantitative estimate of drug-likeness (QED) is 0.245. The lowest BCUT2D eigenvalue weighted by atomic mass is 10.0. The molecule has 1 atom stereocenters. The van der Waals surface area contributed by atoms with Crippen molar-refractivity contribution in [3.63, 3.8) is 0 Å². The molecular formula is C32H34N2O4S. The number of rotatable bonds is 10. The molecule has 202 valence electrons. The number of para-hydroxylation sites is 1. The fourth-order valence-electron chi connectivity index (χ4n) is 4.54. The van der Waals surface area contributed by atoms with E-state index in [1.54, 1.807) is 55.6 Å². The van der Waals surface area contributed by atoms with Crippen LogP contribution in [0, 0.1) is 13.8 Å². The molecule has 0 unspecified atom stereocenters. The molecule has 4 rings (SSSR count). The lowest BCUT2D eigenvalue weighted by Crippen LogP contribution is -2.34. The van der Waals surface area contributed by atoms with Gasteiger partial charge in [0.25, 0.3) is 15.9 Å². The molecule has 1 N–H and O–H groups in total. The molecule has 0 radical (unpaired) electrons. The van der Waals surface area contributed by atoms with Gasteiger partial charge < -0.3 is 10.1 Å². The Hall–Kier alpha value is -4.10. The van der Waals surface area contributed by atoms with Gasteiger partial charge in [0.15, 0.2) is 0 Å². The Morgan fingerprint density at radius 3 is 2.21 bits per heavy atom. The van der Waals surface area contributed by atoms with Gasteiger partial charge in [-0.25, -0.2) is 8.42 Å². The van der Waals surface area contributed by atoms with E-state index in [0.717, 1.165) is 28.0 Å². The van der Waals surface area contributed by atoms with Gasteiger partial charge in [0.1, 0.15) is 5.75 Å². The predicted molar refractivity (Wildman–Crippen MR) is 156 cm³/mol. The third-order valence-electron chi connectivity index (χ3n) is 6.73. The molecule has 39 heavy (non-hydrogen) atoms. The molecule has 0 heterocycles. The van der Waals surface area contributed by atoms with Crippen molar-refractivity contribution in [2.75, 3.05) is 11.4 Å². The average molecular weight is 543 g/mol. The molecular weight excluding hydrogens is 508 g/mol. The van der Waals surface area contributed by atoms with Crippen LogP contribution in [0.3, 0.4) is 0 Å². The summed E-state index contributed by atoms with van der Waals surface area (Å²) >= 11 is 0. The first-order valence-corrected chi connectivity index (χ1v) is 14.4. The van der Waals surface area contributed by atoms with E-state index in [4.69, 9.17) is 4.74 Å². The van der Waals surface area contributed by atoms with Crippen LogP contribution in [-0.2, 0) is 16.6 Å². The fraction of sp³-hybridized carbons (Fsp3) is 0.219. The van der Waals surface area contributed by atoms with E-state index in [9.17, 15) is 13.2 Å². The summed E-state index contributed by atoms with van der Waals surface area (Å²) in [5.41, 5.74) is 4.30. The second kappa shape index (κ2) is 12.2. The lowest BCUT2D eigenvalue weighted by Gasteiger charge is -2.27. The molecule has 6 nitrogen and oxygen atoms in total. The number of ether oxygens (including phenoxy) is 1. The average Bonchev–Trinajstić information content (AvgIpc) is 2.95. The number of carbonyl (C=O) groups excluding carboxylic acids is 1. The van der Waals surface area contributed by atoms with Crippen molar-refractivity contribution in [1.82, 2.24) is 5.32 Å². The second-order valence-electron chi connectivity index (χ2n) is 9.49. The highest BCUT2D eigenvalue weighted by molar-refractivity contribution is 7.92. The van der Waals surface area contributed by atoms with Crippen LogP contribution in [0.15, 0.2) is 102 Å². The smallest absolute Gasteiger partial charge is 0.264 e. The molecule has 0 aliphatic heterocycles. The topological polar surface area (TPSA) is 75.7 Å². The summed E-state index contributed by atoms with van der Waals surface area (Å²) in [5, 5.41) is 3.12. The number of amides is 1. The first-order valence-electron chi connectivity index (χ1n) is 12.9. The minimum Gasteiger partial charge on any atom is -0.496 e. The normalized spacial score (nSPS) is 12.0. The molecule has 0 spiro atoms. The molecule has 0 bridgehead atoms. The maximum Gasteiger partial charge on any atom is 0.264 e. The Morgan fingerprint density at radius 1 is 0.897 bits per heavy atom. The number of benzene rings is 4. The van der Waals surface area contributed by atoms with Crippen LogP contribution >= 0.6 is 0 Å². The van der Waals surface area contributed by atoms with Crippen molar-refractivity contribution in [2.45, 2.75) is 44.7 Å². The number of hydrogen-bond acceptors (Lipinski definition) is 4. The number of nitrogens with zero attached hydrogens (tertiary/aromatic N) is 1. The van der Waals surface area contributed by atoms with Crippen LogP contribution in [0.5, 0.6) is 5.75 Å². The fourth-order valence-corrected chi connectivity index (χ4v) is 6.02. The SMILES string of the molecule is CC[C@@H](NC(=O)c1ccccc1N(Cc1ccccc1)S(=O)(=O)c1ccc(C)cc1)c1ccc(OC)c(C)c1. The van der Waals surface area contributed by atoms with E-state index >= 15 is 0 Å². The van der Waals surface area contributed by atoms with Gasteiger partial charge >= 0.3 is 0 Å². The molecule has 0 aromatic heterocycles. The molecule has 4 aromatic carbocycles. The lowest BCUT2D eigenvalue weighted by molar-refractivity contribution is 0.0936. The van der Waals surface area contributed by atoms with E-state index in [1.807, 2.05) is 69.3 Å². The van der Waals surface area contributed by atoms with Crippen LogP contribution < -0.4 is 14.4 Å². The van der Waals surface area contributed by atoms with Gasteiger partial charge in [-0.15, -0.1) is 0 Å². The van der Waals surface area contributed by atoms with Crippen molar-refractivity contribution in [3.8, 4) is 5.75 Å². The highest BCUT2D eigenvalue weighted by Crippen LogP contribution is 2.31. The number of sulfonamides is 1. The Kier molecular flexibility index (Phi) is 8.72. The number of anilines is 1. The molecule has 0 aliphatic rings. The summed E-state index contributed by atoms with van der Waals surface area (Å²) in [6.07, 6.45) is 0.662. The zero-order valence-electron chi connectivity index (χ0n) is 22.7. The molecule has 0 aliphatic carbocycles. The van der Waals surface area contributed by atoms with E-state index in [0.29, 0.717) is 12.1 Å². The largest absolute Gasteiger partial charge is 0.496 e. The van der Waals surface area contributed by atoms with E-state index in [1.165, 1.54) is 4.31 Å². The number of carbonyl (C=O) groups is 1. The Balaban J connectivity index is 1.74. The minimum absolute atomic E-state index is 0.0796. The number of methoxy groups -OCH3 is 1. The Morgan fingerprint density at radius 2 is 1.56 bits per heavy atom. The van der Waals surface area contributed by atoms with E-state index in [-0.39, 0.29) is 29.0 Å². The van der Waals surface area contributed by atoms with Gasteiger partial charge in [0.2, 0.25) is 0 Å². The molecule has 4 aromatic rings. The first-order chi connectivity index (χ1) is 18.7. The van der Waals surface area contributed by atoms with Gasteiger partial charge in [0, 0.05) is 0 Å². The minimum atomic E-state index is -3.99. The zero-order chi connectivity index (χ0) is 28.0. The molecule has 0 fully saturated rings. The monoisotopic (exact) mass is 542 g/mol. The standard InChI is InChI=1S/C32H34N2O4S/c1-5-29(26-17-20-31(38-4)24(3)21-26)33-32(35)28-13-9-10-14-30(28)34(22-25-11-7-6-8-12-25)39(36,37)27-18-15-23(2)16-19-27/h6-21,29H,5,22H2,1-4H3,(H,33,35)/t29-/m1/s1. The first kappa shape index (κ1) is 27.9. The van der Waals surface area contributed by atoms with Crippen LogP contribution in [0.25, 0.3) is 0 Å². The van der Waals surface area contributed by atoms with Crippen molar-refractivity contribution in [2.24, 2.45) is 0 Å². The van der Waals surface area contributed by atoms with Crippen LogP contribution in [0.1, 0.15) is 52.0 Å². The predicted octanol–water partition coefficient (Wildman–Crippen LogP) is 6.59. The molecule has 0 saturated heterocycles. The van der Waals surface area contributed by atoms with Crippen molar-refractivity contribution in [1.29, 1.82) is 0 Å². The number of nitrogens with one attached hydrogen (secondary N) is 1. The van der Waals surface area contributed by atoms with Crippen LogP contribution in [-0.4, -0.2) is 21.4 Å². The van der Waals surface area contributed by atoms with Crippen molar-refractivity contribution in [3.05, 3.63) is 125 Å². The van der Waals surface area contributed by atoms with Crippen LogP contribution in [0.2, 0.25) is 0 Å². The van der Waals surface area contributed by atoms with Gasteiger partial charge in [-0.1, -0.05) is 79.2 Å². The summed E-state index contributed by atoms with van der Waals surface area (Å²) in [6, 6.07) is 28.5. The molecule has 0 saturated carbocycles. The van der Waals surface area contributed by atoms with Gasteiger partial charge in [-0.2, -0.15) is 0 Å². The summed E-state index contributed by atoms with van der Waals surface area (Å²) in [4.78, 5) is 13.9. The molecule has 7 heteroatoms. The summed E-state index contributed by atoms with van der Waals surface area (Å²) in [6.45, 7) is 5.95. The van der Waals surface area contributed by atoms with Gasteiger partial charge in [-0.3, -0.25) is 9.10 Å². The number of aryl methyl sites for hydroxylation is 2. The zero-order valence-corrected chi connectivity index (χ0v) is 23.5. The highest BCUT2D eigenvalue weighted by Gasteiger charge is 2.29. The van der Waals surface area contributed by atoms with Crippen LogP contribution in [0.4, 0.5) is 5.69 Å². The van der Waals surface area contributed by atoms with Crippen molar-refractivity contribution < 1.29 is 17.9 Å².